The SMILES string of the molecule is CNC(c1ccc(C(F)(F)F)cc1)c1ccoc1Cl. The quantitative estimate of drug-likeness (QED) is 0.913. The summed E-state index contributed by atoms with van der Waals surface area (Å²) < 4.78 is 42.5. The molecule has 102 valence electrons. The van der Waals surface area contributed by atoms with E-state index < -0.39 is 11.7 Å². The van der Waals surface area contributed by atoms with Gasteiger partial charge in [-0.1, -0.05) is 12.1 Å². The van der Waals surface area contributed by atoms with Crippen molar-refractivity contribution in [1.29, 1.82) is 0 Å². The van der Waals surface area contributed by atoms with Crippen molar-refractivity contribution in [2.75, 3.05) is 7.05 Å². The van der Waals surface area contributed by atoms with Crippen molar-refractivity contribution in [2.24, 2.45) is 0 Å². The molecule has 0 fully saturated rings. The second-order valence-corrected chi connectivity index (χ2v) is 4.33. The van der Waals surface area contributed by atoms with Gasteiger partial charge < -0.3 is 9.73 Å². The molecule has 0 amide bonds. The summed E-state index contributed by atoms with van der Waals surface area (Å²) in [7, 11) is 1.70. The summed E-state index contributed by atoms with van der Waals surface area (Å²) in [5.41, 5.74) is 0.687. The highest BCUT2D eigenvalue weighted by atomic mass is 35.5. The van der Waals surface area contributed by atoms with Crippen molar-refractivity contribution in [2.45, 2.75) is 12.2 Å². The van der Waals surface area contributed by atoms with Crippen molar-refractivity contribution in [1.82, 2.24) is 5.32 Å². The number of hydrogen-bond donors (Lipinski definition) is 1. The van der Waals surface area contributed by atoms with Gasteiger partial charge in [-0.25, -0.2) is 0 Å². The molecule has 0 saturated heterocycles. The first-order valence-electron chi connectivity index (χ1n) is 5.51. The van der Waals surface area contributed by atoms with Gasteiger partial charge in [0.05, 0.1) is 17.9 Å². The van der Waals surface area contributed by atoms with Crippen LogP contribution in [0.3, 0.4) is 0 Å². The highest BCUT2D eigenvalue weighted by Crippen LogP contribution is 2.32. The lowest BCUT2D eigenvalue weighted by molar-refractivity contribution is -0.137. The van der Waals surface area contributed by atoms with Crippen LogP contribution in [-0.2, 0) is 6.18 Å². The molecule has 1 aromatic heterocycles. The first-order valence-corrected chi connectivity index (χ1v) is 5.88. The molecule has 6 heteroatoms. The molecule has 0 aliphatic rings. The molecule has 1 atom stereocenters. The van der Waals surface area contributed by atoms with Gasteiger partial charge in [0.25, 0.3) is 0 Å². The highest BCUT2D eigenvalue weighted by molar-refractivity contribution is 6.29. The van der Waals surface area contributed by atoms with Crippen LogP contribution in [0.5, 0.6) is 0 Å². The van der Waals surface area contributed by atoms with Crippen molar-refractivity contribution >= 4 is 11.6 Å². The van der Waals surface area contributed by atoms with Crippen LogP contribution in [-0.4, -0.2) is 7.05 Å². The lowest BCUT2D eigenvalue weighted by atomic mass is 10.00. The minimum Gasteiger partial charge on any atom is -0.453 e. The van der Waals surface area contributed by atoms with Crippen LogP contribution in [0.25, 0.3) is 0 Å². The Bertz CT molecular complexity index is 548. The fourth-order valence-electron chi connectivity index (χ4n) is 1.88. The second kappa shape index (κ2) is 5.27. The molecule has 1 unspecified atom stereocenters. The summed E-state index contributed by atoms with van der Waals surface area (Å²) in [5, 5.41) is 3.22. The summed E-state index contributed by atoms with van der Waals surface area (Å²) in [6.07, 6.45) is -2.90. The highest BCUT2D eigenvalue weighted by Gasteiger charge is 2.30. The first kappa shape index (κ1) is 14.0. The van der Waals surface area contributed by atoms with Crippen LogP contribution in [0.15, 0.2) is 41.0 Å². The summed E-state index contributed by atoms with van der Waals surface area (Å²) >= 11 is 5.88. The molecule has 0 spiro atoms. The Kier molecular flexibility index (Phi) is 3.87. The van der Waals surface area contributed by atoms with E-state index in [2.05, 4.69) is 5.32 Å². The van der Waals surface area contributed by atoms with Crippen LogP contribution in [0.4, 0.5) is 13.2 Å². The van der Waals surface area contributed by atoms with E-state index in [-0.39, 0.29) is 11.3 Å². The average Bonchev–Trinajstić information content (AvgIpc) is 2.76. The first-order chi connectivity index (χ1) is 8.93. The summed E-state index contributed by atoms with van der Waals surface area (Å²) in [5.74, 6) is 0. The van der Waals surface area contributed by atoms with Crippen LogP contribution in [0.1, 0.15) is 22.7 Å². The molecule has 2 aromatic rings. The zero-order chi connectivity index (χ0) is 14.0. The Morgan fingerprint density at radius 1 is 1.16 bits per heavy atom. The van der Waals surface area contributed by atoms with E-state index >= 15 is 0 Å². The van der Waals surface area contributed by atoms with Crippen LogP contribution in [0.2, 0.25) is 5.22 Å². The molecular weight excluding hydrogens is 279 g/mol. The maximum atomic E-state index is 12.5. The molecular formula is C13H11ClF3NO. The van der Waals surface area contributed by atoms with Crippen LogP contribution < -0.4 is 5.32 Å². The maximum Gasteiger partial charge on any atom is 0.416 e. The zero-order valence-electron chi connectivity index (χ0n) is 9.96. The second-order valence-electron chi connectivity index (χ2n) is 3.99. The predicted octanol–water partition coefficient (Wildman–Crippen LogP) is 4.26. The molecule has 0 aliphatic carbocycles. The van der Waals surface area contributed by atoms with E-state index in [1.165, 1.54) is 18.4 Å². The van der Waals surface area contributed by atoms with Crippen LogP contribution in [0, 0.1) is 0 Å². The van der Waals surface area contributed by atoms with Gasteiger partial charge in [-0.15, -0.1) is 0 Å². The van der Waals surface area contributed by atoms with Gasteiger partial charge in [0.1, 0.15) is 0 Å². The molecule has 19 heavy (non-hydrogen) atoms. The van der Waals surface area contributed by atoms with Gasteiger partial charge in [-0.2, -0.15) is 13.2 Å². The normalized spacial score (nSPS) is 13.5. The van der Waals surface area contributed by atoms with Gasteiger partial charge in [0.15, 0.2) is 5.22 Å². The van der Waals surface area contributed by atoms with E-state index in [4.69, 9.17) is 16.0 Å². The third kappa shape index (κ3) is 2.93. The average molecular weight is 290 g/mol. The topological polar surface area (TPSA) is 25.2 Å². The van der Waals surface area contributed by atoms with Gasteiger partial charge >= 0.3 is 6.18 Å². The minimum absolute atomic E-state index is 0.222. The Morgan fingerprint density at radius 3 is 2.21 bits per heavy atom. The molecule has 0 bridgehead atoms. The number of hydrogen-bond acceptors (Lipinski definition) is 2. The molecule has 1 N–H and O–H groups in total. The number of rotatable bonds is 3. The van der Waals surface area contributed by atoms with Gasteiger partial charge in [0.2, 0.25) is 0 Å². The van der Waals surface area contributed by atoms with Crippen LogP contribution >= 0.6 is 11.6 Å². The third-order valence-corrected chi connectivity index (χ3v) is 3.12. The molecule has 0 saturated carbocycles. The molecule has 2 nitrogen and oxygen atoms in total. The van der Waals surface area contributed by atoms with Gasteiger partial charge in [-0.05, 0) is 42.4 Å². The number of nitrogens with one attached hydrogen (secondary N) is 1. The maximum absolute atomic E-state index is 12.5. The molecule has 2 rings (SSSR count). The number of furan rings is 1. The molecule has 0 radical (unpaired) electrons. The lowest BCUT2D eigenvalue weighted by Crippen LogP contribution is -2.17. The van der Waals surface area contributed by atoms with E-state index in [0.717, 1.165) is 12.1 Å². The smallest absolute Gasteiger partial charge is 0.416 e. The van der Waals surface area contributed by atoms with E-state index in [1.54, 1.807) is 13.1 Å². The van der Waals surface area contributed by atoms with Crippen molar-refractivity contribution in [3.63, 3.8) is 0 Å². The van der Waals surface area contributed by atoms with E-state index in [1.807, 2.05) is 0 Å². The summed E-state index contributed by atoms with van der Waals surface area (Å²) in [6.45, 7) is 0. The predicted molar refractivity (Wildman–Crippen MR) is 66.1 cm³/mol. The number of halogens is 4. The van der Waals surface area contributed by atoms with E-state index in [0.29, 0.717) is 11.1 Å². The number of alkyl halides is 3. The Morgan fingerprint density at radius 2 is 1.79 bits per heavy atom. The Labute approximate surface area is 113 Å². The minimum atomic E-state index is -4.33. The van der Waals surface area contributed by atoms with Crippen molar-refractivity contribution in [3.05, 3.63) is 58.5 Å². The van der Waals surface area contributed by atoms with E-state index in [9.17, 15) is 13.2 Å². The number of benzene rings is 1. The van der Waals surface area contributed by atoms with Gasteiger partial charge in [0, 0.05) is 5.56 Å². The van der Waals surface area contributed by atoms with Crippen molar-refractivity contribution in [3.8, 4) is 0 Å². The zero-order valence-corrected chi connectivity index (χ0v) is 10.7. The van der Waals surface area contributed by atoms with Gasteiger partial charge in [-0.3, -0.25) is 0 Å². The Balaban J connectivity index is 2.33. The molecule has 1 aromatic carbocycles. The fourth-order valence-corrected chi connectivity index (χ4v) is 2.10. The summed E-state index contributed by atoms with van der Waals surface area (Å²) in [4.78, 5) is 0. The summed E-state index contributed by atoms with van der Waals surface area (Å²) in [6, 6.07) is 6.32. The Hall–Kier alpha value is -1.46. The molecule has 1 heterocycles. The fraction of sp³-hybridized carbons (Fsp3) is 0.231. The van der Waals surface area contributed by atoms with Crippen molar-refractivity contribution < 1.29 is 17.6 Å². The monoisotopic (exact) mass is 289 g/mol. The standard InChI is InChI=1S/C13H11ClF3NO/c1-18-11(10-6-7-19-12(10)14)8-2-4-9(5-3-8)13(15,16)17/h2-7,11,18H,1H3. The third-order valence-electron chi connectivity index (χ3n) is 2.82. The lowest BCUT2D eigenvalue weighted by Gasteiger charge is -2.16. The molecule has 0 aliphatic heterocycles. The largest absolute Gasteiger partial charge is 0.453 e.